The summed E-state index contributed by atoms with van der Waals surface area (Å²) in [6.45, 7) is 5.87. The summed E-state index contributed by atoms with van der Waals surface area (Å²) in [6, 6.07) is 1.27. The Hall–Kier alpha value is -0.550. The Bertz CT molecular complexity index is 645. The molecule has 2 aliphatic rings. The SMILES string of the molecule is CSCCCNC(=NCc1nnc(C)n1C)NC1CCCN(C2CCCCC2)C1.I. The summed E-state index contributed by atoms with van der Waals surface area (Å²) in [7, 11) is 2.00. The summed E-state index contributed by atoms with van der Waals surface area (Å²) in [5.74, 6) is 3.91. The molecular weight excluding hydrogens is 509 g/mol. The zero-order chi connectivity index (χ0) is 20.5. The molecule has 172 valence electrons. The van der Waals surface area contributed by atoms with Crippen LogP contribution in [-0.2, 0) is 13.6 Å². The molecule has 2 heterocycles. The fourth-order valence-corrected chi connectivity index (χ4v) is 4.84. The number of thioether (sulfide) groups is 1. The molecule has 3 rings (SSSR count). The monoisotopic (exact) mass is 549 g/mol. The number of piperidine rings is 1. The Morgan fingerprint density at radius 1 is 1.17 bits per heavy atom. The Balaban J connectivity index is 0.00000320. The van der Waals surface area contributed by atoms with Gasteiger partial charge >= 0.3 is 0 Å². The molecule has 0 radical (unpaired) electrons. The molecule has 1 aliphatic heterocycles. The van der Waals surface area contributed by atoms with Gasteiger partial charge in [-0.25, -0.2) is 4.99 Å². The predicted molar refractivity (Wildman–Crippen MR) is 138 cm³/mol. The molecule has 0 spiro atoms. The summed E-state index contributed by atoms with van der Waals surface area (Å²) >= 11 is 1.89. The molecule has 1 saturated carbocycles. The summed E-state index contributed by atoms with van der Waals surface area (Å²) < 4.78 is 2.01. The predicted octanol–water partition coefficient (Wildman–Crippen LogP) is 3.33. The van der Waals surface area contributed by atoms with Crippen LogP contribution >= 0.6 is 35.7 Å². The maximum absolute atomic E-state index is 4.84. The number of aromatic nitrogens is 3. The molecule has 1 atom stereocenters. The number of aliphatic imine (C=N–C) groups is 1. The van der Waals surface area contributed by atoms with Crippen LogP contribution in [0.4, 0.5) is 0 Å². The molecule has 0 amide bonds. The van der Waals surface area contributed by atoms with Gasteiger partial charge < -0.3 is 15.2 Å². The molecule has 1 aromatic rings. The molecule has 1 unspecified atom stereocenters. The van der Waals surface area contributed by atoms with Crippen molar-refractivity contribution < 1.29 is 0 Å². The largest absolute Gasteiger partial charge is 0.356 e. The highest BCUT2D eigenvalue weighted by atomic mass is 127. The quantitative estimate of drug-likeness (QED) is 0.225. The molecule has 1 aromatic heterocycles. The van der Waals surface area contributed by atoms with Crippen LogP contribution < -0.4 is 10.6 Å². The first-order valence-electron chi connectivity index (χ1n) is 11.3. The van der Waals surface area contributed by atoms with Crippen molar-refractivity contribution in [3.63, 3.8) is 0 Å². The maximum atomic E-state index is 4.84. The van der Waals surface area contributed by atoms with Crippen LogP contribution in [0.1, 0.15) is 63.0 Å². The van der Waals surface area contributed by atoms with E-state index in [-0.39, 0.29) is 24.0 Å². The van der Waals surface area contributed by atoms with E-state index in [4.69, 9.17) is 4.99 Å². The van der Waals surface area contributed by atoms with Crippen molar-refractivity contribution in [3.8, 4) is 0 Å². The number of nitrogens with one attached hydrogen (secondary N) is 2. The third-order valence-electron chi connectivity index (χ3n) is 6.26. The molecule has 1 saturated heterocycles. The fourth-order valence-electron chi connectivity index (χ4n) is 4.41. The average molecular weight is 550 g/mol. The van der Waals surface area contributed by atoms with Gasteiger partial charge in [0, 0.05) is 32.2 Å². The smallest absolute Gasteiger partial charge is 0.191 e. The second kappa shape index (κ2) is 13.8. The highest BCUT2D eigenvalue weighted by Gasteiger charge is 2.27. The highest BCUT2D eigenvalue weighted by molar-refractivity contribution is 14.0. The number of rotatable bonds is 8. The summed E-state index contributed by atoms with van der Waals surface area (Å²) in [5, 5.41) is 15.7. The molecule has 30 heavy (non-hydrogen) atoms. The minimum Gasteiger partial charge on any atom is -0.356 e. The van der Waals surface area contributed by atoms with Gasteiger partial charge in [-0.05, 0) is 57.6 Å². The highest BCUT2D eigenvalue weighted by Crippen LogP contribution is 2.25. The van der Waals surface area contributed by atoms with Crippen molar-refractivity contribution >= 4 is 41.7 Å². The lowest BCUT2D eigenvalue weighted by Crippen LogP contribution is -2.53. The molecule has 2 N–H and O–H groups in total. The Kier molecular flexibility index (Phi) is 11.8. The van der Waals surface area contributed by atoms with Gasteiger partial charge in [0.25, 0.3) is 0 Å². The van der Waals surface area contributed by atoms with Crippen molar-refractivity contribution in [1.82, 2.24) is 30.3 Å². The van der Waals surface area contributed by atoms with Crippen molar-refractivity contribution in [1.29, 1.82) is 0 Å². The Morgan fingerprint density at radius 3 is 2.67 bits per heavy atom. The second-order valence-corrected chi connectivity index (χ2v) is 9.42. The van der Waals surface area contributed by atoms with Crippen LogP contribution in [-0.4, -0.2) is 69.4 Å². The molecule has 7 nitrogen and oxygen atoms in total. The van der Waals surface area contributed by atoms with E-state index in [9.17, 15) is 0 Å². The summed E-state index contributed by atoms with van der Waals surface area (Å²) in [5.41, 5.74) is 0. The number of hydrogen-bond acceptors (Lipinski definition) is 5. The maximum Gasteiger partial charge on any atom is 0.191 e. The van der Waals surface area contributed by atoms with E-state index in [1.165, 1.54) is 57.2 Å². The van der Waals surface area contributed by atoms with Gasteiger partial charge in [0.1, 0.15) is 12.4 Å². The number of hydrogen-bond donors (Lipinski definition) is 2. The van der Waals surface area contributed by atoms with E-state index in [1.54, 1.807) is 0 Å². The lowest BCUT2D eigenvalue weighted by Gasteiger charge is -2.40. The van der Waals surface area contributed by atoms with Gasteiger partial charge in [0.2, 0.25) is 0 Å². The van der Waals surface area contributed by atoms with Gasteiger partial charge in [-0.3, -0.25) is 4.90 Å². The van der Waals surface area contributed by atoms with Gasteiger partial charge in [-0.1, -0.05) is 19.3 Å². The molecule has 2 fully saturated rings. The Labute approximate surface area is 203 Å². The standard InChI is InChI=1S/C21H39N7S.HI/c1-17-25-26-20(27(17)2)15-23-21(22-12-8-14-29-3)24-18-9-7-13-28(16-18)19-10-5-4-6-11-19;/h18-19H,4-16H2,1-3H3,(H2,22,23,24);1H. The van der Waals surface area contributed by atoms with Crippen molar-refractivity contribution in [3.05, 3.63) is 11.6 Å². The zero-order valence-electron chi connectivity index (χ0n) is 18.9. The lowest BCUT2D eigenvalue weighted by molar-refractivity contribution is 0.115. The lowest BCUT2D eigenvalue weighted by atomic mass is 9.92. The van der Waals surface area contributed by atoms with Crippen LogP contribution in [0.3, 0.4) is 0 Å². The summed E-state index contributed by atoms with van der Waals surface area (Å²) in [6.07, 6.45) is 12.8. The van der Waals surface area contributed by atoms with E-state index < -0.39 is 0 Å². The number of likely N-dealkylation sites (tertiary alicyclic amines) is 1. The molecule has 9 heteroatoms. The molecule has 1 aliphatic carbocycles. The van der Waals surface area contributed by atoms with E-state index >= 15 is 0 Å². The second-order valence-electron chi connectivity index (χ2n) is 8.43. The average Bonchev–Trinajstić information content (AvgIpc) is 3.08. The number of guanidine groups is 1. The van der Waals surface area contributed by atoms with Crippen LogP contribution in [0.25, 0.3) is 0 Å². The number of halogens is 1. The first-order valence-corrected chi connectivity index (χ1v) is 12.7. The topological polar surface area (TPSA) is 70.4 Å². The van der Waals surface area contributed by atoms with Gasteiger partial charge in [-0.15, -0.1) is 34.2 Å². The van der Waals surface area contributed by atoms with E-state index in [0.717, 1.165) is 43.2 Å². The van der Waals surface area contributed by atoms with Gasteiger partial charge in [0.05, 0.1) is 0 Å². The molecule has 0 aromatic carbocycles. The fraction of sp³-hybridized carbons (Fsp3) is 0.857. The van der Waals surface area contributed by atoms with E-state index in [0.29, 0.717) is 12.6 Å². The van der Waals surface area contributed by atoms with Crippen molar-refractivity contribution in [2.45, 2.75) is 76.9 Å². The van der Waals surface area contributed by atoms with E-state index in [1.807, 2.05) is 30.3 Å². The third kappa shape index (κ3) is 7.85. The normalized spacial score (nSPS) is 21.3. The van der Waals surface area contributed by atoms with Gasteiger partial charge in [0.15, 0.2) is 11.8 Å². The van der Waals surface area contributed by atoms with Gasteiger partial charge in [-0.2, -0.15) is 11.8 Å². The molecule has 0 bridgehead atoms. The minimum absolute atomic E-state index is 0. The minimum atomic E-state index is 0. The first kappa shape index (κ1) is 25.7. The number of nitrogens with zero attached hydrogens (tertiary/aromatic N) is 5. The first-order chi connectivity index (χ1) is 14.2. The van der Waals surface area contributed by atoms with Crippen LogP contribution in [0.2, 0.25) is 0 Å². The van der Waals surface area contributed by atoms with Crippen molar-refractivity contribution in [2.24, 2.45) is 12.0 Å². The number of aryl methyl sites for hydroxylation is 1. The van der Waals surface area contributed by atoms with Crippen molar-refractivity contribution in [2.75, 3.05) is 31.6 Å². The third-order valence-corrected chi connectivity index (χ3v) is 6.96. The van der Waals surface area contributed by atoms with Crippen LogP contribution in [0, 0.1) is 6.92 Å². The van der Waals surface area contributed by atoms with Crippen LogP contribution in [0.15, 0.2) is 4.99 Å². The van der Waals surface area contributed by atoms with Crippen LogP contribution in [0.5, 0.6) is 0 Å². The summed E-state index contributed by atoms with van der Waals surface area (Å²) in [4.78, 5) is 7.58. The molecular formula is C21H40IN7S. The Morgan fingerprint density at radius 2 is 1.97 bits per heavy atom. The zero-order valence-corrected chi connectivity index (χ0v) is 22.0. The van der Waals surface area contributed by atoms with E-state index in [2.05, 4.69) is 32.0 Å².